The number of nitrogens with two attached hydrogens (primary N) is 1. The third-order valence-corrected chi connectivity index (χ3v) is 3.59. The molecule has 1 heterocycles. The molecule has 1 unspecified atom stereocenters. The van der Waals surface area contributed by atoms with Gasteiger partial charge < -0.3 is 10.5 Å². The van der Waals surface area contributed by atoms with Crippen LogP contribution in [-0.2, 0) is 6.54 Å². The van der Waals surface area contributed by atoms with E-state index in [4.69, 9.17) is 10.5 Å². The predicted octanol–water partition coefficient (Wildman–Crippen LogP) is 4.15. The van der Waals surface area contributed by atoms with Crippen molar-refractivity contribution in [2.24, 2.45) is 5.73 Å². The number of ether oxygens (including phenoxy) is 1. The van der Waals surface area contributed by atoms with Crippen molar-refractivity contribution in [2.75, 3.05) is 0 Å². The molecule has 0 radical (unpaired) electrons. The molecular formula is C17H22N2O. The van der Waals surface area contributed by atoms with Crippen LogP contribution in [0.4, 0.5) is 0 Å². The molecule has 0 amide bonds. The molecule has 0 aliphatic carbocycles. The van der Waals surface area contributed by atoms with E-state index < -0.39 is 0 Å². The minimum Gasteiger partial charge on any atom is -0.438 e. The molecule has 2 aromatic rings. The fraction of sp³-hybridized carbons (Fsp3) is 0.353. The van der Waals surface area contributed by atoms with Crippen molar-refractivity contribution < 1.29 is 4.74 Å². The standard InChI is InChI=1S/C17H22N2O/c1-4-12(2)15-7-5-6-8-16(15)20-17-13(3)9-14(10-18)11-19-17/h5-9,11-12H,4,10,18H2,1-3H3. The lowest BCUT2D eigenvalue weighted by Gasteiger charge is -2.16. The predicted molar refractivity (Wildman–Crippen MR) is 82.1 cm³/mol. The van der Waals surface area contributed by atoms with Crippen molar-refractivity contribution in [3.8, 4) is 11.6 Å². The second-order valence-corrected chi connectivity index (χ2v) is 5.12. The zero-order valence-electron chi connectivity index (χ0n) is 12.4. The van der Waals surface area contributed by atoms with Crippen LogP contribution in [0.2, 0.25) is 0 Å². The van der Waals surface area contributed by atoms with Crippen LogP contribution < -0.4 is 10.5 Å². The van der Waals surface area contributed by atoms with Crippen LogP contribution >= 0.6 is 0 Å². The first-order valence-electron chi connectivity index (χ1n) is 7.08. The second-order valence-electron chi connectivity index (χ2n) is 5.12. The Bertz CT molecular complexity index is 581. The van der Waals surface area contributed by atoms with Gasteiger partial charge in [-0.05, 0) is 42.5 Å². The van der Waals surface area contributed by atoms with E-state index >= 15 is 0 Å². The molecule has 20 heavy (non-hydrogen) atoms. The van der Waals surface area contributed by atoms with Gasteiger partial charge in [0.05, 0.1) is 0 Å². The summed E-state index contributed by atoms with van der Waals surface area (Å²) in [4.78, 5) is 4.37. The van der Waals surface area contributed by atoms with Gasteiger partial charge in [-0.2, -0.15) is 0 Å². The van der Waals surface area contributed by atoms with Gasteiger partial charge in [-0.25, -0.2) is 4.98 Å². The van der Waals surface area contributed by atoms with Gasteiger partial charge in [-0.15, -0.1) is 0 Å². The van der Waals surface area contributed by atoms with Crippen molar-refractivity contribution in [2.45, 2.75) is 39.7 Å². The van der Waals surface area contributed by atoms with E-state index in [1.807, 2.05) is 31.2 Å². The zero-order chi connectivity index (χ0) is 14.5. The Labute approximate surface area is 120 Å². The summed E-state index contributed by atoms with van der Waals surface area (Å²) in [6.07, 6.45) is 2.85. The number of para-hydroxylation sites is 1. The molecule has 106 valence electrons. The average Bonchev–Trinajstić information content (AvgIpc) is 2.49. The Kier molecular flexibility index (Phi) is 4.74. The Morgan fingerprint density at radius 1 is 1.30 bits per heavy atom. The lowest BCUT2D eigenvalue weighted by Crippen LogP contribution is -2.01. The summed E-state index contributed by atoms with van der Waals surface area (Å²) in [5, 5.41) is 0. The Balaban J connectivity index is 2.30. The lowest BCUT2D eigenvalue weighted by molar-refractivity contribution is 0.448. The van der Waals surface area contributed by atoms with E-state index in [2.05, 4.69) is 24.9 Å². The highest BCUT2D eigenvalue weighted by atomic mass is 16.5. The third-order valence-electron chi connectivity index (χ3n) is 3.59. The van der Waals surface area contributed by atoms with Gasteiger partial charge in [0, 0.05) is 18.3 Å². The molecule has 0 spiro atoms. The van der Waals surface area contributed by atoms with Crippen LogP contribution in [0.15, 0.2) is 36.5 Å². The fourth-order valence-corrected chi connectivity index (χ4v) is 2.14. The van der Waals surface area contributed by atoms with Crippen molar-refractivity contribution in [3.63, 3.8) is 0 Å². The van der Waals surface area contributed by atoms with Gasteiger partial charge in [0.15, 0.2) is 0 Å². The van der Waals surface area contributed by atoms with Crippen LogP contribution in [-0.4, -0.2) is 4.98 Å². The molecule has 3 heteroatoms. The summed E-state index contributed by atoms with van der Waals surface area (Å²) in [6, 6.07) is 10.2. The molecular weight excluding hydrogens is 248 g/mol. The maximum Gasteiger partial charge on any atom is 0.222 e. The number of aryl methyl sites for hydroxylation is 1. The molecule has 0 saturated carbocycles. The average molecular weight is 270 g/mol. The largest absolute Gasteiger partial charge is 0.438 e. The smallest absolute Gasteiger partial charge is 0.222 e. The SMILES string of the molecule is CCC(C)c1ccccc1Oc1ncc(CN)cc1C. The van der Waals surface area contributed by atoms with Crippen molar-refractivity contribution in [1.29, 1.82) is 0 Å². The summed E-state index contributed by atoms with van der Waals surface area (Å²) >= 11 is 0. The Hall–Kier alpha value is -1.87. The van der Waals surface area contributed by atoms with Crippen LogP contribution in [0.1, 0.15) is 42.9 Å². The topological polar surface area (TPSA) is 48.1 Å². The first kappa shape index (κ1) is 14.5. The number of aromatic nitrogens is 1. The van der Waals surface area contributed by atoms with Gasteiger partial charge in [0.1, 0.15) is 5.75 Å². The number of hydrogen-bond donors (Lipinski definition) is 1. The molecule has 0 fully saturated rings. The number of nitrogens with zero attached hydrogens (tertiary/aromatic N) is 1. The normalized spacial score (nSPS) is 12.2. The van der Waals surface area contributed by atoms with E-state index in [0.717, 1.165) is 23.3 Å². The van der Waals surface area contributed by atoms with Crippen LogP contribution in [0.3, 0.4) is 0 Å². The highest BCUT2D eigenvalue weighted by Gasteiger charge is 2.12. The first-order valence-corrected chi connectivity index (χ1v) is 7.08. The molecule has 0 aliphatic rings. The molecule has 0 saturated heterocycles. The van der Waals surface area contributed by atoms with Crippen LogP contribution in [0.25, 0.3) is 0 Å². The van der Waals surface area contributed by atoms with Gasteiger partial charge >= 0.3 is 0 Å². The van der Waals surface area contributed by atoms with Gasteiger partial charge in [0.25, 0.3) is 0 Å². The van der Waals surface area contributed by atoms with Crippen molar-refractivity contribution in [3.05, 3.63) is 53.2 Å². The molecule has 3 nitrogen and oxygen atoms in total. The van der Waals surface area contributed by atoms with E-state index in [9.17, 15) is 0 Å². The second kappa shape index (κ2) is 6.53. The van der Waals surface area contributed by atoms with Crippen LogP contribution in [0, 0.1) is 6.92 Å². The molecule has 0 bridgehead atoms. The minimum absolute atomic E-state index is 0.467. The quantitative estimate of drug-likeness (QED) is 0.887. The molecule has 1 aromatic heterocycles. The number of pyridine rings is 1. The first-order chi connectivity index (χ1) is 9.65. The highest BCUT2D eigenvalue weighted by Crippen LogP contribution is 2.32. The summed E-state index contributed by atoms with van der Waals surface area (Å²) in [6.45, 7) is 6.88. The minimum atomic E-state index is 0.467. The molecule has 2 rings (SSSR count). The highest BCUT2D eigenvalue weighted by molar-refractivity contribution is 5.40. The molecule has 0 aliphatic heterocycles. The molecule has 1 atom stereocenters. The van der Waals surface area contributed by atoms with Gasteiger partial charge in [-0.1, -0.05) is 32.0 Å². The number of hydrogen-bond acceptors (Lipinski definition) is 3. The maximum atomic E-state index is 6.01. The van der Waals surface area contributed by atoms with Gasteiger partial charge in [-0.3, -0.25) is 0 Å². The molecule has 2 N–H and O–H groups in total. The van der Waals surface area contributed by atoms with Gasteiger partial charge in [0.2, 0.25) is 5.88 Å². The van der Waals surface area contributed by atoms with E-state index in [0.29, 0.717) is 18.3 Å². The number of rotatable bonds is 5. The summed E-state index contributed by atoms with van der Waals surface area (Å²) in [5.74, 6) is 2.01. The zero-order valence-corrected chi connectivity index (χ0v) is 12.4. The third kappa shape index (κ3) is 3.17. The fourth-order valence-electron chi connectivity index (χ4n) is 2.14. The van der Waals surface area contributed by atoms with E-state index in [-0.39, 0.29) is 0 Å². The van der Waals surface area contributed by atoms with Crippen molar-refractivity contribution >= 4 is 0 Å². The van der Waals surface area contributed by atoms with Crippen molar-refractivity contribution in [1.82, 2.24) is 4.98 Å². The molecule has 1 aromatic carbocycles. The number of benzene rings is 1. The summed E-state index contributed by atoms with van der Waals surface area (Å²) < 4.78 is 6.01. The monoisotopic (exact) mass is 270 g/mol. The Morgan fingerprint density at radius 3 is 2.70 bits per heavy atom. The van der Waals surface area contributed by atoms with Crippen LogP contribution in [0.5, 0.6) is 11.6 Å². The Morgan fingerprint density at radius 2 is 2.05 bits per heavy atom. The maximum absolute atomic E-state index is 6.01. The summed E-state index contributed by atoms with van der Waals surface area (Å²) in [7, 11) is 0. The summed E-state index contributed by atoms with van der Waals surface area (Å²) in [5.41, 5.74) is 8.87. The van der Waals surface area contributed by atoms with E-state index in [1.54, 1.807) is 6.20 Å². The lowest BCUT2D eigenvalue weighted by atomic mass is 9.98. The van der Waals surface area contributed by atoms with E-state index in [1.165, 1.54) is 5.56 Å².